The molecule has 0 radical (unpaired) electrons. The molecule has 3 nitrogen and oxygen atoms in total. The van der Waals surface area contributed by atoms with Crippen molar-refractivity contribution in [1.29, 1.82) is 0 Å². The molecule has 1 aliphatic carbocycles. The number of nitrogens with zero attached hydrogens (tertiary/aromatic N) is 1. The monoisotopic (exact) mass is 252 g/mol. The average Bonchev–Trinajstić information content (AvgIpc) is 2.41. The van der Waals surface area contributed by atoms with Crippen molar-refractivity contribution >= 4 is 5.91 Å². The second-order valence-electron chi connectivity index (χ2n) is 6.29. The molecule has 2 N–H and O–H groups in total. The van der Waals surface area contributed by atoms with Crippen LogP contribution in [0.3, 0.4) is 0 Å². The normalized spacial score (nSPS) is 37.6. The Morgan fingerprint density at radius 1 is 1.28 bits per heavy atom. The van der Waals surface area contributed by atoms with Crippen molar-refractivity contribution in [3.63, 3.8) is 0 Å². The highest BCUT2D eigenvalue weighted by molar-refractivity contribution is 5.79. The van der Waals surface area contributed by atoms with Gasteiger partial charge in [-0.15, -0.1) is 0 Å². The summed E-state index contributed by atoms with van der Waals surface area (Å²) < 4.78 is 0. The summed E-state index contributed by atoms with van der Waals surface area (Å²) >= 11 is 0. The molecule has 1 saturated carbocycles. The summed E-state index contributed by atoms with van der Waals surface area (Å²) in [4.78, 5) is 14.7. The van der Waals surface area contributed by atoms with Crippen LogP contribution < -0.4 is 5.73 Å². The molecule has 2 rings (SSSR count). The molecule has 0 bridgehead atoms. The zero-order valence-electron chi connectivity index (χ0n) is 11.9. The molecule has 1 heterocycles. The van der Waals surface area contributed by atoms with Crippen molar-refractivity contribution in [2.45, 2.75) is 58.4 Å². The van der Waals surface area contributed by atoms with Gasteiger partial charge in [0.2, 0.25) is 5.91 Å². The SMILES string of the molecule is CCC1CCCN(C(=O)C2CCCC(C)C2N)C1. The Bertz CT molecular complexity index is 292. The van der Waals surface area contributed by atoms with Crippen molar-refractivity contribution in [1.82, 2.24) is 4.90 Å². The van der Waals surface area contributed by atoms with E-state index in [9.17, 15) is 4.79 Å². The molecule has 0 spiro atoms. The van der Waals surface area contributed by atoms with E-state index in [0.29, 0.717) is 17.7 Å². The minimum atomic E-state index is 0.0771. The number of likely N-dealkylation sites (tertiary alicyclic amines) is 1. The maximum Gasteiger partial charge on any atom is 0.227 e. The fourth-order valence-electron chi connectivity index (χ4n) is 3.56. The smallest absolute Gasteiger partial charge is 0.227 e. The number of carbonyl (C=O) groups is 1. The molecule has 18 heavy (non-hydrogen) atoms. The first kappa shape index (κ1) is 13.9. The molecule has 0 aromatic carbocycles. The third-order valence-corrected chi connectivity index (χ3v) is 5.02. The molecular formula is C15H28N2O. The predicted octanol–water partition coefficient (Wildman–Crippen LogP) is 2.40. The fourth-order valence-corrected chi connectivity index (χ4v) is 3.56. The van der Waals surface area contributed by atoms with Gasteiger partial charge in [-0.2, -0.15) is 0 Å². The van der Waals surface area contributed by atoms with Crippen molar-refractivity contribution in [3.8, 4) is 0 Å². The number of carbonyl (C=O) groups excluding carboxylic acids is 1. The van der Waals surface area contributed by atoms with Gasteiger partial charge in [-0.25, -0.2) is 0 Å². The van der Waals surface area contributed by atoms with Crippen molar-refractivity contribution < 1.29 is 4.79 Å². The largest absolute Gasteiger partial charge is 0.342 e. The van der Waals surface area contributed by atoms with Crippen LogP contribution in [0.25, 0.3) is 0 Å². The van der Waals surface area contributed by atoms with Gasteiger partial charge in [-0.3, -0.25) is 4.79 Å². The van der Waals surface area contributed by atoms with Gasteiger partial charge in [0.25, 0.3) is 0 Å². The zero-order valence-corrected chi connectivity index (χ0v) is 11.9. The van der Waals surface area contributed by atoms with E-state index in [0.717, 1.165) is 25.9 Å². The molecule has 4 atom stereocenters. The highest BCUT2D eigenvalue weighted by atomic mass is 16.2. The summed E-state index contributed by atoms with van der Waals surface area (Å²) in [6, 6.07) is 0.0771. The Hall–Kier alpha value is -0.570. The summed E-state index contributed by atoms with van der Waals surface area (Å²) in [6.45, 7) is 6.34. The third kappa shape index (κ3) is 2.87. The van der Waals surface area contributed by atoms with E-state index in [2.05, 4.69) is 18.7 Å². The lowest BCUT2D eigenvalue weighted by molar-refractivity contribution is -0.139. The molecule has 4 unspecified atom stereocenters. The average molecular weight is 252 g/mol. The molecular weight excluding hydrogens is 224 g/mol. The second kappa shape index (κ2) is 6.05. The second-order valence-corrected chi connectivity index (χ2v) is 6.29. The van der Waals surface area contributed by atoms with E-state index >= 15 is 0 Å². The van der Waals surface area contributed by atoms with Crippen LogP contribution in [-0.4, -0.2) is 29.9 Å². The first-order chi connectivity index (χ1) is 8.63. The maximum absolute atomic E-state index is 12.6. The predicted molar refractivity (Wildman–Crippen MR) is 74.1 cm³/mol. The number of hydrogen-bond acceptors (Lipinski definition) is 2. The summed E-state index contributed by atoms with van der Waals surface area (Å²) in [5.41, 5.74) is 6.25. The maximum atomic E-state index is 12.6. The first-order valence-corrected chi connectivity index (χ1v) is 7.67. The van der Waals surface area contributed by atoms with Gasteiger partial charge in [-0.05, 0) is 37.5 Å². The molecule has 1 amide bonds. The molecule has 0 aromatic rings. The van der Waals surface area contributed by atoms with E-state index in [-0.39, 0.29) is 12.0 Å². The number of piperidine rings is 1. The lowest BCUT2D eigenvalue weighted by Gasteiger charge is -2.39. The van der Waals surface area contributed by atoms with E-state index in [4.69, 9.17) is 5.73 Å². The number of rotatable bonds is 2. The molecule has 2 aliphatic rings. The standard InChI is InChI=1S/C15H28N2O/c1-3-12-7-5-9-17(10-12)15(18)13-8-4-6-11(2)14(13)16/h11-14H,3-10,16H2,1-2H3. The molecule has 2 fully saturated rings. The summed E-state index contributed by atoms with van der Waals surface area (Å²) in [5, 5.41) is 0. The molecule has 104 valence electrons. The zero-order chi connectivity index (χ0) is 13.1. The van der Waals surface area contributed by atoms with Gasteiger partial charge < -0.3 is 10.6 Å². The van der Waals surface area contributed by atoms with Gasteiger partial charge in [0.15, 0.2) is 0 Å². The third-order valence-electron chi connectivity index (χ3n) is 5.02. The number of amides is 1. The number of nitrogens with two attached hydrogens (primary N) is 1. The van der Waals surface area contributed by atoms with Crippen molar-refractivity contribution in [2.24, 2.45) is 23.5 Å². The van der Waals surface area contributed by atoms with Crippen molar-refractivity contribution in [3.05, 3.63) is 0 Å². The highest BCUT2D eigenvalue weighted by Gasteiger charge is 2.36. The Kier molecular flexibility index (Phi) is 4.66. The molecule has 0 aromatic heterocycles. The molecule has 1 aliphatic heterocycles. The van der Waals surface area contributed by atoms with Gasteiger partial charge in [-0.1, -0.05) is 26.7 Å². The Morgan fingerprint density at radius 3 is 2.78 bits per heavy atom. The van der Waals surface area contributed by atoms with Crippen LogP contribution in [0, 0.1) is 17.8 Å². The van der Waals surface area contributed by atoms with Gasteiger partial charge in [0.05, 0.1) is 5.92 Å². The van der Waals surface area contributed by atoms with Gasteiger partial charge >= 0.3 is 0 Å². The van der Waals surface area contributed by atoms with Crippen LogP contribution in [0.4, 0.5) is 0 Å². The lowest BCUT2D eigenvalue weighted by atomic mass is 9.77. The summed E-state index contributed by atoms with van der Waals surface area (Å²) in [6.07, 6.45) is 6.99. The van der Waals surface area contributed by atoms with Gasteiger partial charge in [0.1, 0.15) is 0 Å². The van der Waals surface area contributed by atoms with Crippen molar-refractivity contribution in [2.75, 3.05) is 13.1 Å². The van der Waals surface area contributed by atoms with E-state index in [1.54, 1.807) is 0 Å². The van der Waals surface area contributed by atoms with Crippen LogP contribution >= 0.6 is 0 Å². The first-order valence-electron chi connectivity index (χ1n) is 7.67. The highest BCUT2D eigenvalue weighted by Crippen LogP contribution is 2.30. The number of hydrogen-bond donors (Lipinski definition) is 1. The topological polar surface area (TPSA) is 46.3 Å². The minimum absolute atomic E-state index is 0.0771. The molecule has 1 saturated heterocycles. The van der Waals surface area contributed by atoms with E-state index in [1.807, 2.05) is 0 Å². The van der Waals surface area contributed by atoms with Crippen LogP contribution in [0.2, 0.25) is 0 Å². The Morgan fingerprint density at radius 2 is 2.06 bits per heavy atom. The summed E-state index contributed by atoms with van der Waals surface area (Å²) in [5.74, 6) is 1.64. The summed E-state index contributed by atoms with van der Waals surface area (Å²) in [7, 11) is 0. The Balaban J connectivity index is 1.97. The van der Waals surface area contributed by atoms with Crippen LogP contribution in [0.5, 0.6) is 0 Å². The minimum Gasteiger partial charge on any atom is -0.342 e. The van der Waals surface area contributed by atoms with E-state index < -0.39 is 0 Å². The Labute approximate surface area is 111 Å². The van der Waals surface area contributed by atoms with Crippen LogP contribution in [0.15, 0.2) is 0 Å². The van der Waals surface area contributed by atoms with Crippen LogP contribution in [0.1, 0.15) is 52.4 Å². The lowest BCUT2D eigenvalue weighted by Crippen LogP contribution is -2.51. The quantitative estimate of drug-likeness (QED) is 0.820. The fraction of sp³-hybridized carbons (Fsp3) is 0.933. The van der Waals surface area contributed by atoms with Gasteiger partial charge in [0, 0.05) is 19.1 Å². The van der Waals surface area contributed by atoms with Crippen LogP contribution in [-0.2, 0) is 4.79 Å². The molecule has 3 heteroatoms. The van der Waals surface area contributed by atoms with E-state index in [1.165, 1.54) is 25.7 Å².